The number of anilines is 1. The first kappa shape index (κ1) is 23.4. The summed E-state index contributed by atoms with van der Waals surface area (Å²) < 4.78 is 0. The van der Waals surface area contributed by atoms with Crippen molar-refractivity contribution in [3.63, 3.8) is 0 Å². The second kappa shape index (κ2) is 10.1. The van der Waals surface area contributed by atoms with E-state index >= 15 is 0 Å². The van der Waals surface area contributed by atoms with E-state index in [4.69, 9.17) is 9.97 Å². The fourth-order valence-electron chi connectivity index (χ4n) is 5.53. The van der Waals surface area contributed by atoms with E-state index in [-0.39, 0.29) is 17.4 Å². The lowest BCUT2D eigenvalue weighted by molar-refractivity contribution is 0.0936. The highest BCUT2D eigenvalue weighted by molar-refractivity contribution is 5.96. The van der Waals surface area contributed by atoms with Crippen molar-refractivity contribution in [1.29, 1.82) is 0 Å². The number of nitrogens with one attached hydrogen (secondary N) is 1. The van der Waals surface area contributed by atoms with Crippen LogP contribution in [0.5, 0.6) is 0 Å². The van der Waals surface area contributed by atoms with E-state index in [0.717, 1.165) is 80.4 Å². The van der Waals surface area contributed by atoms with E-state index in [0.29, 0.717) is 5.56 Å². The van der Waals surface area contributed by atoms with Crippen LogP contribution < -0.4 is 10.2 Å². The van der Waals surface area contributed by atoms with Crippen LogP contribution in [-0.2, 0) is 5.41 Å². The molecule has 0 radical (unpaired) electrons. The van der Waals surface area contributed by atoms with Crippen LogP contribution in [-0.4, -0.2) is 38.9 Å². The SMILES string of the molecule is CC1CCN(c2ncc(C(=O)NC(C)c3ccccn3)c(C3(c4cccnc4)CCCC3)n2)CC1. The van der Waals surface area contributed by atoms with E-state index in [9.17, 15) is 4.79 Å². The van der Waals surface area contributed by atoms with Gasteiger partial charge in [0.05, 0.1) is 23.0 Å². The molecule has 1 amide bonds. The minimum Gasteiger partial charge on any atom is -0.344 e. The van der Waals surface area contributed by atoms with Gasteiger partial charge in [0.25, 0.3) is 5.91 Å². The second-order valence-electron chi connectivity index (χ2n) is 10.1. The van der Waals surface area contributed by atoms with Gasteiger partial charge < -0.3 is 10.2 Å². The summed E-state index contributed by atoms with van der Waals surface area (Å²) >= 11 is 0. The molecule has 7 nitrogen and oxygen atoms in total. The van der Waals surface area contributed by atoms with Crippen molar-refractivity contribution < 1.29 is 4.79 Å². The Morgan fingerprint density at radius 2 is 1.86 bits per heavy atom. The van der Waals surface area contributed by atoms with E-state index in [1.54, 1.807) is 18.6 Å². The first-order valence-electron chi connectivity index (χ1n) is 12.8. The molecule has 3 aromatic heterocycles. The Kier molecular flexibility index (Phi) is 6.75. The molecular formula is C28H34N6O. The Balaban J connectivity index is 1.55. The van der Waals surface area contributed by atoms with Gasteiger partial charge in [-0.3, -0.25) is 14.8 Å². The minimum atomic E-state index is -0.337. The number of hydrogen-bond acceptors (Lipinski definition) is 6. The van der Waals surface area contributed by atoms with E-state index in [1.807, 2.05) is 37.4 Å². The van der Waals surface area contributed by atoms with Crippen molar-refractivity contribution in [1.82, 2.24) is 25.3 Å². The standard InChI is InChI=1S/C28H34N6O/c1-20-10-16-34(17-11-20)27-31-19-23(26(35)32-21(2)24-9-3-6-15-30-24)25(33-27)28(12-4-5-13-28)22-8-7-14-29-18-22/h3,6-9,14-15,18-21H,4-5,10-13,16-17H2,1-2H3,(H,32,35). The fraction of sp³-hybridized carbons (Fsp3) is 0.464. The Bertz CT molecular complexity index is 1140. The van der Waals surface area contributed by atoms with Crippen LogP contribution in [0.25, 0.3) is 0 Å². The van der Waals surface area contributed by atoms with E-state index < -0.39 is 0 Å². The van der Waals surface area contributed by atoms with Gasteiger partial charge in [-0.25, -0.2) is 9.97 Å². The summed E-state index contributed by atoms with van der Waals surface area (Å²) in [6.45, 7) is 6.15. The highest BCUT2D eigenvalue weighted by Gasteiger charge is 2.42. The highest BCUT2D eigenvalue weighted by Crippen LogP contribution is 2.47. The summed E-state index contributed by atoms with van der Waals surface area (Å²) in [5, 5.41) is 3.14. The predicted molar refractivity (Wildman–Crippen MR) is 136 cm³/mol. The summed E-state index contributed by atoms with van der Waals surface area (Å²) in [5.74, 6) is 1.30. The molecule has 1 unspecified atom stereocenters. The van der Waals surface area contributed by atoms with Crippen LogP contribution >= 0.6 is 0 Å². The maximum Gasteiger partial charge on any atom is 0.255 e. The molecule has 0 spiro atoms. The zero-order valence-corrected chi connectivity index (χ0v) is 20.7. The monoisotopic (exact) mass is 470 g/mol. The van der Waals surface area contributed by atoms with Gasteiger partial charge in [0.2, 0.25) is 5.95 Å². The molecule has 3 aromatic rings. The first-order valence-corrected chi connectivity index (χ1v) is 12.8. The molecule has 1 N–H and O–H groups in total. The Morgan fingerprint density at radius 1 is 1.06 bits per heavy atom. The third-order valence-electron chi connectivity index (χ3n) is 7.69. The number of hydrogen-bond donors (Lipinski definition) is 1. The Morgan fingerprint density at radius 3 is 2.54 bits per heavy atom. The molecule has 2 fully saturated rings. The van der Waals surface area contributed by atoms with Crippen LogP contribution in [0.15, 0.2) is 55.1 Å². The largest absolute Gasteiger partial charge is 0.344 e. The van der Waals surface area contributed by atoms with Crippen LogP contribution in [0.1, 0.15) is 85.7 Å². The summed E-state index contributed by atoms with van der Waals surface area (Å²) in [7, 11) is 0. The van der Waals surface area contributed by atoms with Gasteiger partial charge in [-0.1, -0.05) is 31.9 Å². The third-order valence-corrected chi connectivity index (χ3v) is 7.69. The quantitative estimate of drug-likeness (QED) is 0.554. The van der Waals surface area contributed by atoms with E-state index in [2.05, 4.69) is 33.2 Å². The summed E-state index contributed by atoms with van der Waals surface area (Å²) in [4.78, 5) is 34.6. The number of carbonyl (C=O) groups is 1. The maximum atomic E-state index is 13.7. The number of piperidine rings is 1. The van der Waals surface area contributed by atoms with Crippen molar-refractivity contribution in [3.05, 3.63) is 77.6 Å². The van der Waals surface area contributed by atoms with Crippen LogP contribution in [0.2, 0.25) is 0 Å². The van der Waals surface area contributed by atoms with Crippen molar-refractivity contribution >= 4 is 11.9 Å². The summed E-state index contributed by atoms with van der Waals surface area (Å²) in [5.41, 5.74) is 2.99. The molecule has 5 rings (SSSR count). The van der Waals surface area contributed by atoms with Crippen molar-refractivity contribution in [3.8, 4) is 0 Å². The van der Waals surface area contributed by atoms with Gasteiger partial charge in [0.15, 0.2) is 0 Å². The first-order chi connectivity index (χ1) is 17.1. The molecule has 1 aliphatic carbocycles. The lowest BCUT2D eigenvalue weighted by atomic mass is 9.75. The van der Waals surface area contributed by atoms with Gasteiger partial charge in [-0.2, -0.15) is 0 Å². The zero-order valence-electron chi connectivity index (χ0n) is 20.7. The smallest absolute Gasteiger partial charge is 0.255 e. The van der Waals surface area contributed by atoms with Crippen LogP contribution in [0.3, 0.4) is 0 Å². The Labute approximate surface area is 207 Å². The van der Waals surface area contributed by atoms with E-state index in [1.165, 1.54) is 0 Å². The van der Waals surface area contributed by atoms with Gasteiger partial charge >= 0.3 is 0 Å². The molecule has 1 aliphatic heterocycles. The molecule has 7 heteroatoms. The average molecular weight is 471 g/mol. The molecule has 1 saturated heterocycles. The second-order valence-corrected chi connectivity index (χ2v) is 10.1. The number of nitrogens with zero attached hydrogens (tertiary/aromatic N) is 5. The van der Waals surface area contributed by atoms with Gasteiger partial charge in [-0.15, -0.1) is 0 Å². The normalized spacial score (nSPS) is 18.9. The maximum absolute atomic E-state index is 13.7. The number of aromatic nitrogens is 4. The molecule has 0 aromatic carbocycles. The fourth-order valence-corrected chi connectivity index (χ4v) is 5.53. The number of rotatable bonds is 6. The van der Waals surface area contributed by atoms with Gasteiger partial charge in [-0.05, 0) is 62.3 Å². The molecule has 2 aliphatic rings. The minimum absolute atomic E-state index is 0.160. The molecule has 182 valence electrons. The van der Waals surface area contributed by atoms with Crippen LogP contribution in [0, 0.1) is 5.92 Å². The molecule has 4 heterocycles. The lowest BCUT2D eigenvalue weighted by Crippen LogP contribution is -2.37. The van der Waals surface area contributed by atoms with Gasteiger partial charge in [0, 0.05) is 43.3 Å². The summed E-state index contributed by atoms with van der Waals surface area (Å²) in [6, 6.07) is 9.62. The number of pyridine rings is 2. The lowest BCUT2D eigenvalue weighted by Gasteiger charge is -2.34. The topological polar surface area (TPSA) is 83.9 Å². The van der Waals surface area contributed by atoms with Crippen molar-refractivity contribution in [2.45, 2.75) is 63.8 Å². The predicted octanol–water partition coefficient (Wildman–Crippen LogP) is 4.85. The number of amides is 1. The molecule has 35 heavy (non-hydrogen) atoms. The van der Waals surface area contributed by atoms with Crippen molar-refractivity contribution in [2.75, 3.05) is 18.0 Å². The average Bonchev–Trinajstić information content (AvgIpc) is 3.41. The van der Waals surface area contributed by atoms with Crippen molar-refractivity contribution in [2.24, 2.45) is 5.92 Å². The molecule has 1 saturated carbocycles. The van der Waals surface area contributed by atoms with Gasteiger partial charge in [0.1, 0.15) is 0 Å². The molecular weight excluding hydrogens is 436 g/mol. The highest BCUT2D eigenvalue weighted by atomic mass is 16.1. The van der Waals surface area contributed by atoms with Crippen LogP contribution in [0.4, 0.5) is 5.95 Å². The zero-order chi connectivity index (χ0) is 24.3. The number of carbonyl (C=O) groups excluding carboxylic acids is 1. The molecule has 1 atom stereocenters. The summed E-state index contributed by atoms with van der Waals surface area (Å²) in [6.07, 6.45) is 13.6. The third kappa shape index (κ3) is 4.77. The Hall–Kier alpha value is -3.35. The molecule has 0 bridgehead atoms.